The molecule has 0 spiro atoms. The van der Waals surface area contributed by atoms with Gasteiger partial charge in [0.2, 0.25) is 106 Å². The molecule has 3 aromatic heterocycles. The second kappa shape index (κ2) is 58.7. The van der Waals surface area contributed by atoms with E-state index in [9.17, 15) is 103 Å². The highest BCUT2D eigenvalue weighted by Gasteiger charge is 2.42. The largest absolute Gasteiger partial charge is 0.508 e. The van der Waals surface area contributed by atoms with Gasteiger partial charge in [-0.1, -0.05) is 109 Å². The molecule has 0 unspecified atom stereocenters. The van der Waals surface area contributed by atoms with E-state index in [1.54, 1.807) is 103 Å². The van der Waals surface area contributed by atoms with Gasteiger partial charge in [-0.05, 0) is 98.5 Å². The molecule has 18 atom stereocenters. The SMILES string of the molecule is CC(=O)N[C@H](C(=O)N[C@@H](CCC(N)=O)C(=O)N[C@@H](Cc1ccccc1)C(=O)N[C@@H](CC(=O)O)C(=O)N[C@@H](CS)C(=O)N[C@@H](CCCNC(=N)N)C(=O)N[C@H](C(=O)N[C@@H](Cc1c[nH]c2ccccc12)C(=O)N[C@@H](CCC(=O)O)C(=O)N[C@@H](CS)C(=O)N[C@@H](Cc1ccc(O)cc1)C(=O)N[C@@H](Cc1c[nH]c2ccccc12)C(=O)N[C@@H](Cc1cnc[nH]1)C(=O)N[C@H](C(=O)N[C@@H](Cc1ccccc1)C(=O)NCC(N)=O)[C@@H](C)O)[C@@H](C)O)[C@@H](C)O. The number of primary amides is 2. The first-order valence-electron chi connectivity index (χ1n) is 47.4. The number of carboxylic acids is 2. The first kappa shape index (κ1) is 119. The molecule has 0 saturated heterocycles. The monoisotopic (exact) mass is 2120 g/mol. The second-order valence-corrected chi connectivity index (χ2v) is 36.1. The van der Waals surface area contributed by atoms with E-state index in [-0.39, 0.29) is 49.2 Å². The zero-order valence-corrected chi connectivity index (χ0v) is 83.6. The Balaban J connectivity index is 1.03. The van der Waals surface area contributed by atoms with Crippen molar-refractivity contribution in [2.24, 2.45) is 17.2 Å². The van der Waals surface area contributed by atoms with Gasteiger partial charge >= 0.3 is 11.9 Å². The standard InChI is InChI=1S/C97H125N25O26S2/c1-48(123)79(108-51(4)126)94(146)111-64(29-31-75(98)128)83(135)112-67(35-53-18-9-6-10-19-53)87(139)116-72(40-78(132)133)90(142)120-73(45-149)92(144)109-63(24-15-33-103-97(100)101)85(137)121-80(49(2)124)96(148)118-70(38-56-42-105-62-23-14-12-21-60(56)62)88(140)110-65(30-32-77(130)131)84(136)119-74(46-150)93(145)113-68(36-54-25-27-58(127)28-26-54)86(138)114-69(37-55-41-104-61-22-13-11-20-59(55)61)89(141)115-71(39-57-43-102-47-107-57)91(143)122-81(50(3)125)95(147)117-66(82(134)106-44-76(99)129)34-52-16-7-5-8-17-52/h5-14,16-23,25-28,41-43,47-50,63-74,79-81,104-105,123-125,127,149-150H,15,24,29-40,44-46H2,1-4H3,(H2,98,128)(H2,99,129)(H,102,107)(H,106,134)(H,108,126)(H,109,144)(H,110,140)(H,111,146)(H,112,135)(H,113,145)(H,114,138)(H,115,141)(H,116,139)(H,117,147)(H,118,148)(H,119,136)(H,120,142)(H,121,137)(H,122,143)(H,130,131)(H,132,133)(H4,100,101,103)/t48-,49-,50-,63+,64+,65+,66+,67+,68+,69+,70+,71+,72+,73+,74+,79+,80+,81+/m1/s1. The summed E-state index contributed by atoms with van der Waals surface area (Å²) in [5, 5.41) is 114. The van der Waals surface area contributed by atoms with E-state index in [1.807, 2.05) is 0 Å². The van der Waals surface area contributed by atoms with Crippen LogP contribution in [0.5, 0.6) is 5.75 Å². The van der Waals surface area contributed by atoms with Crippen LogP contribution in [0.1, 0.15) is 106 Å². The lowest BCUT2D eigenvalue weighted by Gasteiger charge is -2.29. The Kier molecular flexibility index (Phi) is 46.4. The number of aromatic nitrogens is 4. The summed E-state index contributed by atoms with van der Waals surface area (Å²) in [4.78, 5) is 293. The molecule has 806 valence electrons. The predicted molar refractivity (Wildman–Crippen MR) is 545 cm³/mol. The molecule has 0 aliphatic rings. The number of aliphatic hydroxyl groups excluding tert-OH is 3. The van der Waals surface area contributed by atoms with Crippen molar-refractivity contribution in [2.75, 3.05) is 24.6 Å². The molecule has 53 heteroatoms. The fourth-order valence-electron chi connectivity index (χ4n) is 15.6. The molecule has 0 radical (unpaired) electrons. The number of carbonyl (C=O) groups excluding carboxylic acids is 18. The number of hydrogen-bond donors (Lipinski definition) is 32. The van der Waals surface area contributed by atoms with Gasteiger partial charge in [-0.3, -0.25) is 101 Å². The number of H-pyrrole nitrogens is 3. The van der Waals surface area contributed by atoms with Crippen LogP contribution in [0.3, 0.4) is 0 Å². The van der Waals surface area contributed by atoms with Crippen LogP contribution in [0.25, 0.3) is 21.8 Å². The lowest BCUT2D eigenvalue weighted by molar-refractivity contribution is -0.141. The Bertz CT molecular complexity index is 6080. The van der Waals surface area contributed by atoms with Crippen LogP contribution in [-0.4, -0.2) is 308 Å². The average molecular weight is 2120 g/mol. The quantitative estimate of drug-likeness (QED) is 0.00729. The number of carbonyl (C=O) groups is 20. The predicted octanol–water partition coefficient (Wildman–Crippen LogP) is -6.40. The summed E-state index contributed by atoms with van der Waals surface area (Å²) in [5.41, 5.74) is 19.5. The number of rotatable bonds is 61. The van der Waals surface area contributed by atoms with Gasteiger partial charge < -0.3 is 153 Å². The molecular weight excluding hydrogens is 2000 g/mol. The molecular formula is C97H125N25O26S2. The summed E-state index contributed by atoms with van der Waals surface area (Å²) in [7, 11) is 0. The number of phenolic OH excluding ortho intramolecular Hbond substituents is 1. The van der Waals surface area contributed by atoms with Crippen LogP contribution in [0.2, 0.25) is 0 Å². The Morgan fingerprint density at radius 3 is 1.10 bits per heavy atom. The normalized spacial score (nSPS) is 14.7. The van der Waals surface area contributed by atoms with E-state index in [1.165, 1.54) is 55.1 Å². The van der Waals surface area contributed by atoms with Crippen LogP contribution in [0.15, 0.2) is 158 Å². The molecule has 0 bridgehead atoms. The van der Waals surface area contributed by atoms with E-state index in [4.69, 9.17) is 22.6 Å². The van der Waals surface area contributed by atoms with Crippen molar-refractivity contribution in [1.29, 1.82) is 5.41 Å². The van der Waals surface area contributed by atoms with E-state index >= 15 is 24.0 Å². The number of phenols is 1. The molecule has 33 N–H and O–H groups in total. The summed E-state index contributed by atoms with van der Waals surface area (Å²) in [6, 6.07) is 7.97. The number of benzene rings is 5. The number of guanidine groups is 1. The Labute approximate surface area is 868 Å². The molecule has 8 aromatic rings. The summed E-state index contributed by atoms with van der Waals surface area (Å²) in [6.45, 7) is 3.65. The number of amides is 18. The van der Waals surface area contributed by atoms with E-state index < -0.39 is 309 Å². The number of fused-ring (bicyclic) bond motifs is 2. The van der Waals surface area contributed by atoms with Gasteiger partial charge in [-0.25, -0.2) is 4.98 Å². The minimum atomic E-state index is -2.10. The molecule has 0 aliphatic heterocycles. The number of aromatic hydroxyl groups is 1. The van der Waals surface area contributed by atoms with Crippen LogP contribution in [0, 0.1) is 5.41 Å². The lowest BCUT2D eigenvalue weighted by atomic mass is 10.0. The highest BCUT2D eigenvalue weighted by Crippen LogP contribution is 2.24. The molecule has 150 heavy (non-hydrogen) atoms. The van der Waals surface area contributed by atoms with Crippen molar-refractivity contribution >= 4 is 171 Å². The number of nitrogens with one attached hydrogen (secondary N) is 21. The number of aromatic amines is 3. The maximum absolute atomic E-state index is 15.4. The summed E-state index contributed by atoms with van der Waals surface area (Å²) in [5.74, 6) is -25.3. The van der Waals surface area contributed by atoms with E-state index in [2.05, 4.69) is 136 Å². The number of para-hydroxylation sites is 2. The molecule has 18 amide bonds. The number of nitrogens with two attached hydrogens (primary N) is 3. The summed E-state index contributed by atoms with van der Waals surface area (Å²) in [6.07, 6.45) is -6.10. The number of nitrogens with zero attached hydrogens (tertiary/aromatic N) is 1. The number of imidazole rings is 1. The van der Waals surface area contributed by atoms with Gasteiger partial charge in [0.25, 0.3) is 0 Å². The Morgan fingerprint density at radius 2 is 0.700 bits per heavy atom. The Morgan fingerprint density at radius 1 is 0.360 bits per heavy atom. The second-order valence-electron chi connectivity index (χ2n) is 35.3. The van der Waals surface area contributed by atoms with Gasteiger partial charge in [-0.15, -0.1) is 0 Å². The van der Waals surface area contributed by atoms with Gasteiger partial charge in [-0.2, -0.15) is 25.3 Å². The van der Waals surface area contributed by atoms with Crippen molar-refractivity contribution in [2.45, 2.75) is 220 Å². The van der Waals surface area contributed by atoms with Crippen molar-refractivity contribution in [3.8, 4) is 5.75 Å². The smallest absolute Gasteiger partial charge is 0.305 e. The molecule has 0 fully saturated rings. The zero-order valence-electron chi connectivity index (χ0n) is 81.8. The van der Waals surface area contributed by atoms with E-state index in [0.29, 0.717) is 44.1 Å². The first-order chi connectivity index (χ1) is 71.3. The average Bonchev–Trinajstić information content (AvgIpc) is 1.66. The number of aliphatic hydroxyl groups is 3. The van der Waals surface area contributed by atoms with Crippen molar-refractivity contribution in [3.63, 3.8) is 0 Å². The minimum Gasteiger partial charge on any atom is -0.508 e. The molecule has 3 heterocycles. The van der Waals surface area contributed by atoms with Crippen LogP contribution < -0.4 is 108 Å². The number of aliphatic carboxylic acids is 2. The highest BCUT2D eigenvalue weighted by molar-refractivity contribution is 7.80. The lowest BCUT2D eigenvalue weighted by Crippen LogP contribution is -2.63. The van der Waals surface area contributed by atoms with E-state index in [0.717, 1.165) is 27.7 Å². The summed E-state index contributed by atoms with van der Waals surface area (Å²) >= 11 is 8.62. The number of hydrogen-bond acceptors (Lipinski definition) is 28. The third-order valence-electron chi connectivity index (χ3n) is 23.5. The maximum atomic E-state index is 15.4. The molecule has 51 nitrogen and oxygen atoms in total. The van der Waals surface area contributed by atoms with Gasteiger partial charge in [0, 0.05) is 122 Å². The minimum absolute atomic E-state index is 0.123. The fourth-order valence-corrected chi connectivity index (χ4v) is 16.1. The number of thiol groups is 2. The van der Waals surface area contributed by atoms with Crippen LogP contribution in [0.4, 0.5) is 0 Å². The number of carboxylic acid groups (broad SMARTS) is 2. The zero-order chi connectivity index (χ0) is 110. The first-order valence-corrected chi connectivity index (χ1v) is 48.6. The third kappa shape index (κ3) is 38.0. The fraction of sp³-hybridized carbons (Fsp3) is 0.402. The van der Waals surface area contributed by atoms with Crippen LogP contribution >= 0.6 is 25.3 Å². The Hall–Kier alpha value is -16.6. The molecule has 0 saturated carbocycles. The van der Waals surface area contributed by atoms with Crippen molar-refractivity contribution in [1.82, 2.24) is 110 Å². The topological polar surface area (TPSA) is 829 Å². The van der Waals surface area contributed by atoms with Crippen LogP contribution in [-0.2, 0) is 134 Å². The highest BCUT2D eigenvalue weighted by atomic mass is 32.1. The van der Waals surface area contributed by atoms with Crippen molar-refractivity contribution < 1.29 is 127 Å². The maximum Gasteiger partial charge on any atom is 0.305 e. The van der Waals surface area contributed by atoms with Gasteiger partial charge in [0.1, 0.15) is 96.4 Å². The molecule has 0 aliphatic carbocycles. The van der Waals surface area contributed by atoms with Gasteiger partial charge in [0.05, 0.1) is 37.6 Å². The third-order valence-corrected chi connectivity index (χ3v) is 24.2. The molecule has 5 aromatic carbocycles. The summed E-state index contributed by atoms with van der Waals surface area (Å²) < 4.78 is 0. The van der Waals surface area contributed by atoms with Gasteiger partial charge in [0.15, 0.2) is 5.96 Å². The molecule has 8 rings (SSSR count). The van der Waals surface area contributed by atoms with Crippen molar-refractivity contribution in [3.05, 3.63) is 192 Å².